The molecule has 0 aliphatic rings. The van der Waals surface area contributed by atoms with Crippen LogP contribution in [0.1, 0.15) is 30.1 Å². The summed E-state index contributed by atoms with van der Waals surface area (Å²) in [5, 5.41) is 5.45. The molecule has 0 atom stereocenters. The van der Waals surface area contributed by atoms with Crippen molar-refractivity contribution >= 4 is 17.5 Å². The van der Waals surface area contributed by atoms with E-state index in [0.717, 1.165) is 0 Å². The molecule has 0 aliphatic heterocycles. The average Bonchev–Trinajstić information content (AvgIpc) is 2.36. The smallest absolute Gasteiger partial charge is 0.253 e. The summed E-state index contributed by atoms with van der Waals surface area (Å²) in [6.45, 7) is 2.66. The topological polar surface area (TPSA) is 84.2 Å². The van der Waals surface area contributed by atoms with Crippen molar-refractivity contribution < 1.29 is 14.0 Å². The highest BCUT2D eigenvalue weighted by Gasteiger charge is 2.13. The molecular weight excluding hydrogens is 249 g/mol. The number of anilines is 1. The summed E-state index contributed by atoms with van der Waals surface area (Å²) in [6.07, 6.45) is 0.677. The monoisotopic (exact) mass is 267 g/mol. The fraction of sp³-hybridized carbons (Fsp3) is 0.385. The average molecular weight is 267 g/mol. The SMILES string of the molecule is CCNc1c(F)cccc1C(=O)NCCCC(N)=O. The van der Waals surface area contributed by atoms with Crippen LogP contribution in [-0.4, -0.2) is 24.9 Å². The van der Waals surface area contributed by atoms with Gasteiger partial charge in [-0.2, -0.15) is 0 Å². The third-order valence-electron chi connectivity index (χ3n) is 2.50. The summed E-state index contributed by atoms with van der Waals surface area (Å²) >= 11 is 0. The molecule has 1 aromatic carbocycles. The molecule has 0 saturated heterocycles. The number of carbonyl (C=O) groups excluding carboxylic acids is 2. The van der Waals surface area contributed by atoms with Gasteiger partial charge in [-0.1, -0.05) is 6.07 Å². The number of hydrogen-bond donors (Lipinski definition) is 3. The Morgan fingerprint density at radius 1 is 1.37 bits per heavy atom. The lowest BCUT2D eigenvalue weighted by Crippen LogP contribution is -2.26. The second kappa shape index (κ2) is 7.35. The molecule has 0 radical (unpaired) electrons. The number of primary amides is 1. The minimum absolute atomic E-state index is 0.192. The summed E-state index contributed by atoms with van der Waals surface area (Å²) in [7, 11) is 0. The van der Waals surface area contributed by atoms with E-state index in [1.54, 1.807) is 6.07 Å². The lowest BCUT2D eigenvalue weighted by atomic mass is 10.1. The summed E-state index contributed by atoms with van der Waals surface area (Å²) in [5.74, 6) is -1.25. The number of nitrogens with one attached hydrogen (secondary N) is 2. The first-order valence-electron chi connectivity index (χ1n) is 6.15. The Balaban J connectivity index is 2.66. The first kappa shape index (κ1) is 14.9. The molecule has 4 N–H and O–H groups in total. The Morgan fingerprint density at radius 2 is 2.11 bits per heavy atom. The zero-order chi connectivity index (χ0) is 14.3. The fourth-order valence-electron chi connectivity index (χ4n) is 1.63. The molecule has 0 heterocycles. The maximum Gasteiger partial charge on any atom is 0.253 e. The van der Waals surface area contributed by atoms with E-state index >= 15 is 0 Å². The van der Waals surface area contributed by atoms with Gasteiger partial charge in [-0.25, -0.2) is 4.39 Å². The minimum atomic E-state index is -0.466. The van der Waals surface area contributed by atoms with Crippen LogP contribution in [0.2, 0.25) is 0 Å². The second-order valence-corrected chi connectivity index (χ2v) is 4.02. The number of halogens is 1. The van der Waals surface area contributed by atoms with Gasteiger partial charge in [0.25, 0.3) is 5.91 Å². The van der Waals surface area contributed by atoms with E-state index in [9.17, 15) is 14.0 Å². The first-order valence-corrected chi connectivity index (χ1v) is 6.15. The minimum Gasteiger partial charge on any atom is -0.382 e. The Hall–Kier alpha value is -2.11. The van der Waals surface area contributed by atoms with Crippen LogP contribution in [0.5, 0.6) is 0 Å². The van der Waals surface area contributed by atoms with Crippen molar-refractivity contribution in [1.82, 2.24) is 5.32 Å². The van der Waals surface area contributed by atoms with Gasteiger partial charge < -0.3 is 16.4 Å². The van der Waals surface area contributed by atoms with Crippen molar-refractivity contribution in [3.8, 4) is 0 Å². The number of nitrogens with two attached hydrogens (primary N) is 1. The largest absolute Gasteiger partial charge is 0.382 e. The molecule has 0 spiro atoms. The Kier molecular flexibility index (Phi) is 5.78. The first-order chi connectivity index (χ1) is 9.06. The summed E-state index contributed by atoms with van der Waals surface area (Å²) in [6, 6.07) is 4.32. The predicted molar refractivity (Wildman–Crippen MR) is 71.3 cm³/mol. The molecule has 19 heavy (non-hydrogen) atoms. The van der Waals surface area contributed by atoms with E-state index < -0.39 is 11.7 Å². The maximum absolute atomic E-state index is 13.6. The molecule has 1 rings (SSSR count). The van der Waals surface area contributed by atoms with Gasteiger partial charge in [0.15, 0.2) is 0 Å². The van der Waals surface area contributed by atoms with Gasteiger partial charge in [0.05, 0.1) is 11.3 Å². The highest BCUT2D eigenvalue weighted by Crippen LogP contribution is 2.19. The van der Waals surface area contributed by atoms with Crippen molar-refractivity contribution in [3.63, 3.8) is 0 Å². The Bertz CT molecular complexity index is 463. The zero-order valence-corrected chi connectivity index (χ0v) is 10.8. The predicted octanol–water partition coefficient (Wildman–Crippen LogP) is 1.25. The quantitative estimate of drug-likeness (QED) is 0.650. The van der Waals surface area contributed by atoms with Crippen molar-refractivity contribution in [2.75, 3.05) is 18.4 Å². The van der Waals surface area contributed by atoms with Crippen molar-refractivity contribution in [3.05, 3.63) is 29.6 Å². The molecule has 104 valence electrons. The van der Waals surface area contributed by atoms with Crippen LogP contribution in [0.15, 0.2) is 18.2 Å². The van der Waals surface area contributed by atoms with Gasteiger partial charge in [0, 0.05) is 19.5 Å². The van der Waals surface area contributed by atoms with Crippen molar-refractivity contribution in [1.29, 1.82) is 0 Å². The number of benzene rings is 1. The van der Waals surface area contributed by atoms with E-state index in [0.29, 0.717) is 19.5 Å². The molecule has 0 aromatic heterocycles. The second-order valence-electron chi connectivity index (χ2n) is 4.02. The normalized spacial score (nSPS) is 10.0. The maximum atomic E-state index is 13.6. The van der Waals surface area contributed by atoms with Crippen LogP contribution in [0, 0.1) is 5.82 Å². The highest BCUT2D eigenvalue weighted by molar-refractivity contribution is 5.99. The molecule has 1 aromatic rings. The number of carbonyl (C=O) groups is 2. The third-order valence-corrected chi connectivity index (χ3v) is 2.50. The van der Waals surface area contributed by atoms with E-state index in [-0.39, 0.29) is 23.6 Å². The molecule has 0 saturated carbocycles. The third kappa shape index (κ3) is 4.57. The highest BCUT2D eigenvalue weighted by atomic mass is 19.1. The summed E-state index contributed by atoms with van der Waals surface area (Å²) in [4.78, 5) is 22.5. The number of para-hydroxylation sites is 1. The van der Waals surface area contributed by atoms with E-state index in [2.05, 4.69) is 10.6 Å². The van der Waals surface area contributed by atoms with Gasteiger partial charge in [0.2, 0.25) is 5.91 Å². The van der Waals surface area contributed by atoms with Crippen molar-refractivity contribution in [2.24, 2.45) is 5.73 Å². The van der Waals surface area contributed by atoms with Crippen LogP contribution in [0.4, 0.5) is 10.1 Å². The van der Waals surface area contributed by atoms with Crippen LogP contribution in [0.3, 0.4) is 0 Å². The summed E-state index contributed by atoms with van der Waals surface area (Å²) in [5.41, 5.74) is 5.44. The molecule has 0 unspecified atom stereocenters. The molecular formula is C13H18FN3O2. The van der Waals surface area contributed by atoms with Crippen LogP contribution < -0.4 is 16.4 Å². The van der Waals surface area contributed by atoms with Crippen molar-refractivity contribution in [2.45, 2.75) is 19.8 Å². The van der Waals surface area contributed by atoms with E-state index in [1.165, 1.54) is 12.1 Å². The van der Waals surface area contributed by atoms with Gasteiger partial charge in [-0.3, -0.25) is 9.59 Å². The summed E-state index contributed by atoms with van der Waals surface area (Å²) < 4.78 is 13.6. The Morgan fingerprint density at radius 3 is 2.74 bits per heavy atom. The van der Waals surface area contributed by atoms with E-state index in [4.69, 9.17) is 5.73 Å². The Labute approximate surface area is 111 Å². The lowest BCUT2D eigenvalue weighted by Gasteiger charge is -2.11. The molecule has 0 bridgehead atoms. The molecule has 0 fully saturated rings. The standard InChI is InChI=1S/C13H18FN3O2/c1-2-16-12-9(5-3-6-10(12)14)13(19)17-8-4-7-11(15)18/h3,5-6,16H,2,4,7-8H2,1H3,(H2,15,18)(H,17,19). The number of rotatable bonds is 7. The zero-order valence-electron chi connectivity index (χ0n) is 10.8. The number of amides is 2. The van der Waals surface area contributed by atoms with Gasteiger partial charge in [-0.15, -0.1) is 0 Å². The molecule has 0 aliphatic carbocycles. The van der Waals surface area contributed by atoms with Gasteiger partial charge >= 0.3 is 0 Å². The lowest BCUT2D eigenvalue weighted by molar-refractivity contribution is -0.118. The van der Waals surface area contributed by atoms with Gasteiger partial charge in [0.1, 0.15) is 5.82 Å². The van der Waals surface area contributed by atoms with Crippen LogP contribution >= 0.6 is 0 Å². The van der Waals surface area contributed by atoms with Crippen LogP contribution in [-0.2, 0) is 4.79 Å². The van der Waals surface area contributed by atoms with E-state index in [1.807, 2.05) is 6.92 Å². The number of hydrogen-bond acceptors (Lipinski definition) is 3. The molecule has 2 amide bonds. The molecule has 6 heteroatoms. The molecule has 5 nitrogen and oxygen atoms in total. The fourth-order valence-corrected chi connectivity index (χ4v) is 1.63. The van der Waals surface area contributed by atoms with Gasteiger partial charge in [-0.05, 0) is 25.5 Å². The van der Waals surface area contributed by atoms with Crippen LogP contribution in [0.25, 0.3) is 0 Å².